The molecule has 0 bridgehead atoms. The summed E-state index contributed by atoms with van der Waals surface area (Å²) >= 11 is 0. The van der Waals surface area contributed by atoms with Gasteiger partial charge in [0.1, 0.15) is 5.82 Å². The Hall–Kier alpha value is -3.47. The van der Waals surface area contributed by atoms with Gasteiger partial charge in [-0.2, -0.15) is 0 Å². The number of aryl methyl sites for hydroxylation is 2. The molecule has 140 valence electrons. The molecule has 0 radical (unpaired) electrons. The number of benzene rings is 2. The maximum atomic E-state index is 12.3. The summed E-state index contributed by atoms with van der Waals surface area (Å²) in [5.74, 6) is 0.959. The van der Waals surface area contributed by atoms with E-state index in [0.29, 0.717) is 18.7 Å². The smallest absolute Gasteiger partial charge is 0.251 e. The lowest BCUT2D eigenvalue weighted by atomic mass is 10.1. The summed E-state index contributed by atoms with van der Waals surface area (Å²) in [5, 5.41) is 2.99. The number of fused-ring (bicyclic) bond motifs is 1. The molecule has 0 spiro atoms. The van der Waals surface area contributed by atoms with E-state index in [0.717, 1.165) is 29.7 Å². The van der Waals surface area contributed by atoms with Gasteiger partial charge in [-0.1, -0.05) is 42.5 Å². The molecular formula is C23H22N4O. The summed E-state index contributed by atoms with van der Waals surface area (Å²) in [4.78, 5) is 21.0. The van der Waals surface area contributed by atoms with Gasteiger partial charge in [0.2, 0.25) is 0 Å². The Kier molecular flexibility index (Phi) is 5.43. The number of carbonyl (C=O) groups is 1. The van der Waals surface area contributed by atoms with E-state index >= 15 is 0 Å². The SMILES string of the molecule is O=C(NCCn1c(CCc2ccccc2)nc2ccccc21)c1ccncc1. The van der Waals surface area contributed by atoms with Crippen LogP contribution in [-0.2, 0) is 19.4 Å². The highest BCUT2D eigenvalue weighted by molar-refractivity contribution is 5.93. The van der Waals surface area contributed by atoms with E-state index in [2.05, 4.69) is 45.2 Å². The third-order valence-electron chi connectivity index (χ3n) is 4.78. The van der Waals surface area contributed by atoms with Gasteiger partial charge in [-0.15, -0.1) is 0 Å². The van der Waals surface area contributed by atoms with Crippen molar-refractivity contribution < 1.29 is 4.79 Å². The number of nitrogens with zero attached hydrogens (tertiary/aromatic N) is 3. The Morgan fingerprint density at radius 3 is 2.46 bits per heavy atom. The number of rotatable bonds is 7. The predicted molar refractivity (Wildman–Crippen MR) is 110 cm³/mol. The van der Waals surface area contributed by atoms with Crippen LogP contribution in [0, 0.1) is 0 Å². The first-order valence-corrected chi connectivity index (χ1v) is 9.47. The summed E-state index contributed by atoms with van der Waals surface area (Å²) in [7, 11) is 0. The molecule has 0 aliphatic heterocycles. The molecule has 28 heavy (non-hydrogen) atoms. The molecule has 2 heterocycles. The van der Waals surface area contributed by atoms with Crippen LogP contribution >= 0.6 is 0 Å². The van der Waals surface area contributed by atoms with Gasteiger partial charge in [0.15, 0.2) is 0 Å². The maximum Gasteiger partial charge on any atom is 0.251 e. The average molecular weight is 370 g/mol. The zero-order valence-corrected chi connectivity index (χ0v) is 15.6. The predicted octanol–water partition coefficient (Wildman–Crippen LogP) is 3.65. The number of imidazole rings is 1. The van der Waals surface area contributed by atoms with Crippen molar-refractivity contribution in [1.29, 1.82) is 0 Å². The van der Waals surface area contributed by atoms with Gasteiger partial charge < -0.3 is 9.88 Å². The summed E-state index contributed by atoms with van der Waals surface area (Å²) in [6, 6.07) is 22.0. The highest BCUT2D eigenvalue weighted by atomic mass is 16.1. The van der Waals surface area contributed by atoms with Crippen molar-refractivity contribution in [1.82, 2.24) is 19.9 Å². The largest absolute Gasteiger partial charge is 0.350 e. The minimum absolute atomic E-state index is 0.0855. The number of pyridine rings is 1. The van der Waals surface area contributed by atoms with Crippen LogP contribution in [0.5, 0.6) is 0 Å². The lowest BCUT2D eigenvalue weighted by Crippen LogP contribution is -2.27. The second-order valence-corrected chi connectivity index (χ2v) is 6.65. The van der Waals surface area contributed by atoms with Gasteiger partial charge in [0.05, 0.1) is 11.0 Å². The summed E-state index contributed by atoms with van der Waals surface area (Å²) in [5.41, 5.74) is 4.01. The third-order valence-corrected chi connectivity index (χ3v) is 4.78. The Morgan fingerprint density at radius 2 is 1.64 bits per heavy atom. The van der Waals surface area contributed by atoms with Crippen molar-refractivity contribution >= 4 is 16.9 Å². The molecular weight excluding hydrogens is 348 g/mol. The van der Waals surface area contributed by atoms with Crippen LogP contribution in [0.25, 0.3) is 11.0 Å². The van der Waals surface area contributed by atoms with Crippen LogP contribution in [0.15, 0.2) is 79.1 Å². The lowest BCUT2D eigenvalue weighted by molar-refractivity contribution is 0.0952. The van der Waals surface area contributed by atoms with E-state index in [4.69, 9.17) is 4.98 Å². The van der Waals surface area contributed by atoms with Crippen LogP contribution in [0.3, 0.4) is 0 Å². The standard InChI is InChI=1S/C23H22N4O/c28-23(19-12-14-24-15-13-19)25-16-17-27-21-9-5-4-8-20(21)26-22(27)11-10-18-6-2-1-3-7-18/h1-9,12-15H,10-11,16-17H2,(H,25,28). The number of carbonyl (C=O) groups excluding carboxylic acids is 1. The van der Waals surface area contributed by atoms with Gasteiger partial charge in [0, 0.05) is 37.5 Å². The van der Waals surface area contributed by atoms with Gasteiger partial charge in [-0.05, 0) is 36.2 Å². The fourth-order valence-electron chi connectivity index (χ4n) is 3.35. The highest BCUT2D eigenvalue weighted by Crippen LogP contribution is 2.17. The molecule has 1 amide bonds. The van der Waals surface area contributed by atoms with E-state index in [1.54, 1.807) is 24.5 Å². The second-order valence-electron chi connectivity index (χ2n) is 6.65. The van der Waals surface area contributed by atoms with Crippen molar-refractivity contribution in [3.63, 3.8) is 0 Å². The van der Waals surface area contributed by atoms with Crippen LogP contribution in [0.2, 0.25) is 0 Å². The average Bonchev–Trinajstić information content (AvgIpc) is 3.11. The molecule has 5 nitrogen and oxygen atoms in total. The minimum Gasteiger partial charge on any atom is -0.350 e. The summed E-state index contributed by atoms with van der Waals surface area (Å²) in [6.45, 7) is 1.22. The molecule has 5 heteroatoms. The first kappa shape index (κ1) is 17.9. The van der Waals surface area contributed by atoms with Gasteiger partial charge in [-0.3, -0.25) is 9.78 Å². The minimum atomic E-state index is -0.0855. The first-order chi connectivity index (χ1) is 13.8. The highest BCUT2D eigenvalue weighted by Gasteiger charge is 2.11. The molecule has 0 saturated heterocycles. The Balaban J connectivity index is 1.48. The summed E-state index contributed by atoms with van der Waals surface area (Å²) < 4.78 is 2.21. The van der Waals surface area contributed by atoms with Crippen LogP contribution < -0.4 is 5.32 Å². The zero-order chi connectivity index (χ0) is 19.2. The zero-order valence-electron chi connectivity index (χ0n) is 15.6. The molecule has 0 aliphatic carbocycles. The van der Waals surface area contributed by atoms with Gasteiger partial charge in [0.25, 0.3) is 5.91 Å². The maximum absolute atomic E-state index is 12.3. The van der Waals surface area contributed by atoms with E-state index in [-0.39, 0.29) is 5.91 Å². The molecule has 4 aromatic rings. The molecule has 2 aromatic carbocycles. The quantitative estimate of drug-likeness (QED) is 0.540. The van der Waals surface area contributed by atoms with E-state index in [9.17, 15) is 4.79 Å². The molecule has 4 rings (SSSR count). The number of nitrogens with one attached hydrogen (secondary N) is 1. The number of hydrogen-bond donors (Lipinski definition) is 1. The Morgan fingerprint density at radius 1 is 0.893 bits per heavy atom. The topological polar surface area (TPSA) is 59.8 Å². The van der Waals surface area contributed by atoms with Crippen molar-refractivity contribution in [2.45, 2.75) is 19.4 Å². The number of para-hydroxylation sites is 2. The second kappa shape index (κ2) is 8.48. The Labute approximate surface area is 164 Å². The van der Waals surface area contributed by atoms with E-state index in [1.807, 2.05) is 24.3 Å². The Bertz CT molecular complexity index is 1060. The molecule has 2 aromatic heterocycles. The van der Waals surface area contributed by atoms with E-state index < -0.39 is 0 Å². The molecule has 1 N–H and O–H groups in total. The van der Waals surface area contributed by atoms with E-state index in [1.165, 1.54) is 5.56 Å². The number of aromatic nitrogens is 3. The third kappa shape index (κ3) is 4.09. The fraction of sp³-hybridized carbons (Fsp3) is 0.174. The van der Waals surface area contributed by atoms with Gasteiger partial charge >= 0.3 is 0 Å². The van der Waals surface area contributed by atoms with Crippen LogP contribution in [0.1, 0.15) is 21.7 Å². The molecule has 0 saturated carbocycles. The van der Waals surface area contributed by atoms with Gasteiger partial charge in [-0.25, -0.2) is 4.98 Å². The molecule has 0 atom stereocenters. The van der Waals surface area contributed by atoms with Crippen molar-refractivity contribution in [2.75, 3.05) is 6.54 Å². The van der Waals surface area contributed by atoms with Crippen molar-refractivity contribution in [2.24, 2.45) is 0 Å². The van der Waals surface area contributed by atoms with Crippen LogP contribution in [0.4, 0.5) is 0 Å². The lowest BCUT2D eigenvalue weighted by Gasteiger charge is -2.11. The summed E-state index contributed by atoms with van der Waals surface area (Å²) in [6.07, 6.45) is 5.05. The monoisotopic (exact) mass is 370 g/mol. The first-order valence-electron chi connectivity index (χ1n) is 9.47. The fourth-order valence-corrected chi connectivity index (χ4v) is 3.35. The normalized spacial score (nSPS) is 10.9. The van der Waals surface area contributed by atoms with Crippen molar-refractivity contribution in [3.8, 4) is 0 Å². The van der Waals surface area contributed by atoms with Crippen LogP contribution in [-0.4, -0.2) is 27.0 Å². The number of amides is 1. The molecule has 0 fully saturated rings. The number of hydrogen-bond acceptors (Lipinski definition) is 3. The van der Waals surface area contributed by atoms with Crippen molar-refractivity contribution in [3.05, 3.63) is 96.1 Å². The molecule has 0 unspecified atom stereocenters. The molecule has 0 aliphatic rings.